The fourth-order valence-corrected chi connectivity index (χ4v) is 3.56. The van der Waals surface area contributed by atoms with E-state index in [2.05, 4.69) is 31.7 Å². The highest BCUT2D eigenvalue weighted by atomic mass is 79.9. The van der Waals surface area contributed by atoms with E-state index in [4.69, 9.17) is 4.74 Å². The molecule has 160 valence electrons. The first-order valence-electron chi connectivity index (χ1n) is 9.71. The van der Waals surface area contributed by atoms with Gasteiger partial charge >= 0.3 is 0 Å². The molecule has 32 heavy (non-hydrogen) atoms. The van der Waals surface area contributed by atoms with Gasteiger partial charge < -0.3 is 15.4 Å². The Labute approximate surface area is 193 Å². The van der Waals surface area contributed by atoms with E-state index in [1.165, 1.54) is 10.9 Å². The summed E-state index contributed by atoms with van der Waals surface area (Å²) in [4.78, 5) is 26.1. The Morgan fingerprint density at radius 1 is 0.844 bits per heavy atom. The summed E-state index contributed by atoms with van der Waals surface area (Å²) in [5.74, 6) is 0.178. The summed E-state index contributed by atoms with van der Waals surface area (Å²) in [6, 6.07) is 23.3. The number of amides is 2. The van der Waals surface area contributed by atoms with Gasteiger partial charge in [-0.15, -0.1) is 0 Å². The quantitative estimate of drug-likeness (QED) is 0.391. The van der Waals surface area contributed by atoms with Crippen LogP contribution in [0.1, 0.15) is 20.7 Å². The zero-order valence-electron chi connectivity index (χ0n) is 17.1. The number of benzene rings is 3. The van der Waals surface area contributed by atoms with Crippen molar-refractivity contribution in [3.63, 3.8) is 0 Å². The molecule has 0 bridgehead atoms. The van der Waals surface area contributed by atoms with Gasteiger partial charge in [-0.3, -0.25) is 9.59 Å². The number of methoxy groups -OCH3 is 1. The number of para-hydroxylation sites is 1. The molecule has 1 aromatic heterocycles. The molecule has 0 saturated heterocycles. The molecule has 0 spiro atoms. The van der Waals surface area contributed by atoms with Crippen LogP contribution in [0.2, 0.25) is 0 Å². The molecule has 8 heteroatoms. The molecular weight excluding hydrogens is 472 g/mol. The number of aromatic nitrogens is 2. The molecule has 0 aliphatic carbocycles. The molecule has 2 amide bonds. The number of nitrogens with zero attached hydrogens (tertiary/aromatic N) is 2. The summed E-state index contributed by atoms with van der Waals surface area (Å²) in [5, 5.41) is 10.0. The Balaban J connectivity index is 1.69. The highest BCUT2D eigenvalue weighted by Gasteiger charge is 2.22. The standard InChI is InChI=1S/C24H19BrN4O3/c1-32-18-13-11-16(12-14-18)27-24(31)20-15-26-29(17-7-3-2-4-8-17)22(20)28-23(30)19-9-5-6-10-21(19)25/h2-15H,1H3,(H,27,31)(H,28,30). The van der Waals surface area contributed by atoms with E-state index in [1.807, 2.05) is 36.4 Å². The third-order valence-corrected chi connectivity index (χ3v) is 5.40. The fourth-order valence-electron chi connectivity index (χ4n) is 3.09. The van der Waals surface area contributed by atoms with Gasteiger partial charge in [-0.25, -0.2) is 4.68 Å². The van der Waals surface area contributed by atoms with E-state index in [-0.39, 0.29) is 17.3 Å². The predicted molar refractivity (Wildman–Crippen MR) is 127 cm³/mol. The van der Waals surface area contributed by atoms with E-state index >= 15 is 0 Å². The van der Waals surface area contributed by atoms with Crippen molar-refractivity contribution in [2.24, 2.45) is 0 Å². The number of carbonyl (C=O) groups is 2. The first-order valence-corrected chi connectivity index (χ1v) is 10.5. The van der Waals surface area contributed by atoms with E-state index in [0.29, 0.717) is 27.2 Å². The Hall–Kier alpha value is -3.91. The fraction of sp³-hybridized carbons (Fsp3) is 0.0417. The average Bonchev–Trinajstić information content (AvgIpc) is 3.24. The highest BCUT2D eigenvalue weighted by molar-refractivity contribution is 9.10. The zero-order chi connectivity index (χ0) is 22.5. The van der Waals surface area contributed by atoms with E-state index < -0.39 is 5.91 Å². The number of hydrogen-bond donors (Lipinski definition) is 2. The van der Waals surface area contributed by atoms with Crippen LogP contribution < -0.4 is 15.4 Å². The van der Waals surface area contributed by atoms with Crippen molar-refractivity contribution in [2.45, 2.75) is 0 Å². The molecule has 0 aliphatic heterocycles. The topological polar surface area (TPSA) is 85.2 Å². The predicted octanol–water partition coefficient (Wildman–Crippen LogP) is 5.15. The number of nitrogens with one attached hydrogen (secondary N) is 2. The third kappa shape index (κ3) is 4.55. The van der Waals surface area contributed by atoms with Gasteiger partial charge in [0, 0.05) is 10.2 Å². The monoisotopic (exact) mass is 490 g/mol. The minimum atomic E-state index is -0.403. The van der Waals surface area contributed by atoms with Crippen LogP contribution >= 0.6 is 15.9 Å². The lowest BCUT2D eigenvalue weighted by Gasteiger charge is -2.12. The Morgan fingerprint density at radius 2 is 1.50 bits per heavy atom. The van der Waals surface area contributed by atoms with Crippen LogP contribution in [0.4, 0.5) is 11.5 Å². The number of anilines is 2. The molecule has 0 radical (unpaired) electrons. The van der Waals surface area contributed by atoms with Gasteiger partial charge in [0.25, 0.3) is 11.8 Å². The van der Waals surface area contributed by atoms with Crippen molar-refractivity contribution >= 4 is 39.2 Å². The van der Waals surface area contributed by atoms with E-state index in [1.54, 1.807) is 49.6 Å². The molecule has 7 nitrogen and oxygen atoms in total. The maximum Gasteiger partial charge on any atom is 0.261 e. The molecule has 0 aliphatic rings. The lowest BCUT2D eigenvalue weighted by Crippen LogP contribution is -2.20. The maximum absolute atomic E-state index is 13.1. The third-order valence-electron chi connectivity index (χ3n) is 4.71. The highest BCUT2D eigenvalue weighted by Crippen LogP contribution is 2.24. The number of rotatable bonds is 6. The minimum Gasteiger partial charge on any atom is -0.497 e. The van der Waals surface area contributed by atoms with Crippen LogP contribution in [0.15, 0.2) is 89.5 Å². The van der Waals surface area contributed by atoms with Crippen molar-refractivity contribution < 1.29 is 14.3 Å². The maximum atomic E-state index is 13.1. The van der Waals surface area contributed by atoms with Gasteiger partial charge in [0.15, 0.2) is 0 Å². The second kappa shape index (κ2) is 9.49. The Bertz CT molecular complexity index is 1250. The molecule has 4 rings (SSSR count). The molecule has 1 heterocycles. The van der Waals surface area contributed by atoms with Gasteiger partial charge in [0.1, 0.15) is 17.1 Å². The summed E-state index contributed by atoms with van der Waals surface area (Å²) in [7, 11) is 1.58. The average molecular weight is 491 g/mol. The number of halogens is 1. The first kappa shape index (κ1) is 21.3. The molecule has 0 saturated carbocycles. The van der Waals surface area contributed by atoms with Gasteiger partial charge in [-0.05, 0) is 64.5 Å². The second-order valence-corrected chi connectivity index (χ2v) is 7.63. The number of carbonyl (C=O) groups excluding carboxylic acids is 2. The van der Waals surface area contributed by atoms with Crippen molar-refractivity contribution in [2.75, 3.05) is 17.7 Å². The normalized spacial score (nSPS) is 10.4. The van der Waals surface area contributed by atoms with Crippen molar-refractivity contribution in [3.05, 3.63) is 101 Å². The van der Waals surface area contributed by atoms with Crippen molar-refractivity contribution in [3.8, 4) is 11.4 Å². The Morgan fingerprint density at radius 3 is 2.19 bits per heavy atom. The van der Waals surface area contributed by atoms with E-state index in [9.17, 15) is 9.59 Å². The Kier molecular flexibility index (Phi) is 6.32. The van der Waals surface area contributed by atoms with Crippen molar-refractivity contribution in [1.82, 2.24) is 9.78 Å². The van der Waals surface area contributed by atoms with Gasteiger partial charge in [-0.2, -0.15) is 5.10 Å². The van der Waals surface area contributed by atoms with Crippen LogP contribution in [-0.2, 0) is 0 Å². The molecule has 4 aromatic rings. The molecule has 3 aromatic carbocycles. The summed E-state index contributed by atoms with van der Waals surface area (Å²) >= 11 is 3.40. The van der Waals surface area contributed by atoms with Crippen LogP contribution in [0, 0.1) is 0 Å². The SMILES string of the molecule is COc1ccc(NC(=O)c2cnn(-c3ccccc3)c2NC(=O)c2ccccc2Br)cc1. The smallest absolute Gasteiger partial charge is 0.261 e. The van der Waals surface area contributed by atoms with Gasteiger partial charge in [0.2, 0.25) is 0 Å². The second-order valence-electron chi connectivity index (χ2n) is 6.77. The number of hydrogen-bond acceptors (Lipinski definition) is 4. The molecule has 0 fully saturated rings. The summed E-state index contributed by atoms with van der Waals surface area (Å²) in [6.45, 7) is 0. The summed E-state index contributed by atoms with van der Waals surface area (Å²) in [5.41, 5.74) is 1.96. The van der Waals surface area contributed by atoms with Gasteiger partial charge in [-0.1, -0.05) is 30.3 Å². The lowest BCUT2D eigenvalue weighted by molar-refractivity contribution is 0.102. The summed E-state index contributed by atoms with van der Waals surface area (Å²) < 4.78 is 7.32. The minimum absolute atomic E-state index is 0.227. The summed E-state index contributed by atoms with van der Waals surface area (Å²) in [6.07, 6.45) is 1.43. The molecule has 2 N–H and O–H groups in total. The van der Waals surface area contributed by atoms with Crippen LogP contribution in [0.3, 0.4) is 0 Å². The van der Waals surface area contributed by atoms with Crippen LogP contribution in [0.25, 0.3) is 5.69 Å². The van der Waals surface area contributed by atoms with E-state index in [0.717, 1.165) is 0 Å². The lowest BCUT2D eigenvalue weighted by atomic mass is 10.2. The first-order chi connectivity index (χ1) is 15.6. The molecular formula is C24H19BrN4O3. The van der Waals surface area contributed by atoms with Crippen molar-refractivity contribution in [1.29, 1.82) is 0 Å². The van der Waals surface area contributed by atoms with Gasteiger partial charge in [0.05, 0.1) is 24.6 Å². The van der Waals surface area contributed by atoms with Crippen LogP contribution in [0.5, 0.6) is 5.75 Å². The largest absolute Gasteiger partial charge is 0.497 e. The zero-order valence-corrected chi connectivity index (χ0v) is 18.7. The van der Waals surface area contributed by atoms with Crippen LogP contribution in [-0.4, -0.2) is 28.7 Å². The molecule has 0 unspecified atom stereocenters. The number of ether oxygens (including phenoxy) is 1. The molecule has 0 atom stereocenters.